The van der Waals surface area contributed by atoms with Crippen LogP contribution in [0.25, 0.3) is 0 Å². The number of hydrogen-bond acceptors (Lipinski definition) is 5. The molecule has 0 unspecified atom stereocenters. The van der Waals surface area contributed by atoms with Crippen molar-refractivity contribution in [3.63, 3.8) is 0 Å². The number of nitrogens with zero attached hydrogens (tertiary/aromatic N) is 1. The molecule has 7 nitrogen and oxygen atoms in total. The van der Waals surface area contributed by atoms with Crippen LogP contribution in [0.4, 0.5) is 11.4 Å². The van der Waals surface area contributed by atoms with Crippen molar-refractivity contribution in [2.75, 3.05) is 17.4 Å². The Balaban J connectivity index is 1.50. The van der Waals surface area contributed by atoms with Crippen molar-refractivity contribution in [3.05, 3.63) is 77.1 Å². The average molecular weight is 389 g/mol. The Morgan fingerprint density at radius 1 is 0.862 bits per heavy atom. The van der Waals surface area contributed by atoms with E-state index in [0.717, 1.165) is 16.8 Å². The lowest BCUT2D eigenvalue weighted by Gasteiger charge is -2.12. The molecule has 29 heavy (non-hydrogen) atoms. The largest absolute Gasteiger partial charge is 0.454 e. The van der Waals surface area contributed by atoms with Crippen LogP contribution in [-0.4, -0.2) is 23.6 Å². The molecule has 0 aliphatic carbocycles. The van der Waals surface area contributed by atoms with Crippen LogP contribution < -0.4 is 20.1 Å². The fourth-order valence-corrected chi connectivity index (χ4v) is 3.06. The summed E-state index contributed by atoms with van der Waals surface area (Å²) in [5.41, 5.74) is 3.81. The SMILES string of the molecule is Cc1cccc(C)c1NC(=O)c1cncc(C(=O)Nc2ccc3c(c2)OCO3)c1. The van der Waals surface area contributed by atoms with E-state index < -0.39 is 0 Å². The van der Waals surface area contributed by atoms with Gasteiger partial charge in [-0.3, -0.25) is 14.6 Å². The molecule has 146 valence electrons. The number of para-hydroxylation sites is 1. The lowest BCUT2D eigenvalue weighted by molar-refractivity contribution is 0.102. The van der Waals surface area contributed by atoms with E-state index in [9.17, 15) is 9.59 Å². The molecular weight excluding hydrogens is 370 g/mol. The number of amides is 2. The Labute approximate surface area is 167 Å². The number of rotatable bonds is 4. The van der Waals surface area contributed by atoms with Crippen LogP contribution in [0.3, 0.4) is 0 Å². The van der Waals surface area contributed by atoms with Crippen LogP contribution in [-0.2, 0) is 0 Å². The van der Waals surface area contributed by atoms with E-state index in [2.05, 4.69) is 15.6 Å². The minimum absolute atomic E-state index is 0.161. The molecule has 4 rings (SSSR count). The van der Waals surface area contributed by atoms with Gasteiger partial charge in [0.2, 0.25) is 6.79 Å². The second-order valence-corrected chi connectivity index (χ2v) is 6.71. The number of pyridine rings is 1. The highest BCUT2D eigenvalue weighted by molar-refractivity contribution is 6.08. The zero-order chi connectivity index (χ0) is 20.4. The van der Waals surface area contributed by atoms with Gasteiger partial charge in [-0.25, -0.2) is 0 Å². The third-order valence-electron chi connectivity index (χ3n) is 4.61. The molecule has 3 aromatic rings. The number of nitrogens with one attached hydrogen (secondary N) is 2. The Bertz CT molecular complexity index is 1090. The van der Waals surface area contributed by atoms with E-state index in [0.29, 0.717) is 22.7 Å². The normalized spacial score (nSPS) is 11.8. The highest BCUT2D eigenvalue weighted by atomic mass is 16.7. The van der Waals surface area contributed by atoms with Crippen LogP contribution in [0.1, 0.15) is 31.8 Å². The zero-order valence-electron chi connectivity index (χ0n) is 16.0. The molecule has 7 heteroatoms. The summed E-state index contributed by atoms with van der Waals surface area (Å²) in [5, 5.41) is 5.67. The van der Waals surface area contributed by atoms with Gasteiger partial charge in [-0.2, -0.15) is 0 Å². The monoisotopic (exact) mass is 389 g/mol. The molecule has 0 atom stereocenters. The summed E-state index contributed by atoms with van der Waals surface area (Å²) in [7, 11) is 0. The molecule has 0 radical (unpaired) electrons. The minimum Gasteiger partial charge on any atom is -0.454 e. The standard InChI is InChI=1S/C22H19N3O4/c1-13-4-3-5-14(2)20(13)25-22(27)16-8-15(10-23-11-16)21(26)24-17-6-7-18-19(9-17)29-12-28-18/h3-11H,12H2,1-2H3,(H,24,26)(H,25,27). The van der Waals surface area contributed by atoms with Gasteiger partial charge in [0.25, 0.3) is 11.8 Å². The molecule has 0 saturated heterocycles. The van der Waals surface area contributed by atoms with Crippen molar-refractivity contribution in [1.82, 2.24) is 4.98 Å². The molecular formula is C22H19N3O4. The summed E-state index contributed by atoms with van der Waals surface area (Å²) in [4.78, 5) is 29.3. The van der Waals surface area contributed by atoms with Crippen molar-refractivity contribution in [2.24, 2.45) is 0 Å². The molecule has 2 heterocycles. The lowest BCUT2D eigenvalue weighted by atomic mass is 10.1. The zero-order valence-corrected chi connectivity index (χ0v) is 16.0. The van der Waals surface area contributed by atoms with Gasteiger partial charge in [0.05, 0.1) is 11.1 Å². The number of carbonyl (C=O) groups excluding carboxylic acids is 2. The van der Waals surface area contributed by atoms with Crippen LogP contribution in [0.15, 0.2) is 54.9 Å². The molecule has 1 aromatic heterocycles. The fraction of sp³-hybridized carbons (Fsp3) is 0.136. The fourth-order valence-electron chi connectivity index (χ4n) is 3.06. The maximum Gasteiger partial charge on any atom is 0.257 e. The maximum atomic E-state index is 12.7. The number of aryl methyl sites for hydroxylation is 2. The first-order valence-electron chi connectivity index (χ1n) is 9.05. The summed E-state index contributed by atoms with van der Waals surface area (Å²) >= 11 is 0. The van der Waals surface area contributed by atoms with Gasteiger partial charge in [0.1, 0.15) is 0 Å². The summed E-state index contributed by atoms with van der Waals surface area (Å²) in [6.07, 6.45) is 2.85. The molecule has 0 fully saturated rings. The van der Waals surface area contributed by atoms with Crippen LogP contribution in [0.2, 0.25) is 0 Å². The highest BCUT2D eigenvalue weighted by Crippen LogP contribution is 2.34. The number of hydrogen-bond donors (Lipinski definition) is 2. The first kappa shape index (κ1) is 18.5. The lowest BCUT2D eigenvalue weighted by Crippen LogP contribution is -2.17. The van der Waals surface area contributed by atoms with Crippen molar-refractivity contribution in [3.8, 4) is 11.5 Å². The molecule has 1 aliphatic heterocycles. The summed E-state index contributed by atoms with van der Waals surface area (Å²) in [5.74, 6) is 0.503. The number of aromatic nitrogens is 1. The highest BCUT2D eigenvalue weighted by Gasteiger charge is 2.16. The molecule has 0 bridgehead atoms. The Morgan fingerprint density at radius 2 is 1.52 bits per heavy atom. The van der Waals surface area contributed by atoms with Crippen molar-refractivity contribution < 1.29 is 19.1 Å². The predicted molar refractivity (Wildman–Crippen MR) is 109 cm³/mol. The second kappa shape index (κ2) is 7.63. The molecule has 2 aromatic carbocycles. The van der Waals surface area contributed by atoms with E-state index >= 15 is 0 Å². The second-order valence-electron chi connectivity index (χ2n) is 6.71. The third kappa shape index (κ3) is 3.89. The van der Waals surface area contributed by atoms with Crippen molar-refractivity contribution in [2.45, 2.75) is 13.8 Å². The molecule has 0 saturated carbocycles. The third-order valence-corrected chi connectivity index (χ3v) is 4.61. The van der Waals surface area contributed by atoms with Gasteiger partial charge in [0.15, 0.2) is 11.5 Å². The summed E-state index contributed by atoms with van der Waals surface area (Å²) in [6, 6.07) is 12.4. The van der Waals surface area contributed by atoms with Gasteiger partial charge in [0, 0.05) is 29.8 Å². The quantitative estimate of drug-likeness (QED) is 0.706. The van der Waals surface area contributed by atoms with Crippen molar-refractivity contribution >= 4 is 23.2 Å². The summed E-state index contributed by atoms with van der Waals surface area (Å²) in [6.45, 7) is 4.01. The van der Waals surface area contributed by atoms with Gasteiger partial charge in [-0.05, 0) is 43.2 Å². The van der Waals surface area contributed by atoms with Crippen molar-refractivity contribution in [1.29, 1.82) is 0 Å². The molecule has 0 spiro atoms. The van der Waals surface area contributed by atoms with Gasteiger partial charge < -0.3 is 20.1 Å². The van der Waals surface area contributed by atoms with E-state index in [1.807, 2.05) is 32.0 Å². The van der Waals surface area contributed by atoms with Gasteiger partial charge >= 0.3 is 0 Å². The van der Waals surface area contributed by atoms with Crippen LogP contribution in [0.5, 0.6) is 11.5 Å². The number of carbonyl (C=O) groups is 2. The first-order valence-corrected chi connectivity index (χ1v) is 9.05. The van der Waals surface area contributed by atoms with E-state index in [1.54, 1.807) is 18.2 Å². The summed E-state index contributed by atoms with van der Waals surface area (Å²) < 4.78 is 10.6. The Morgan fingerprint density at radius 3 is 2.24 bits per heavy atom. The number of benzene rings is 2. The Hall–Kier alpha value is -3.87. The van der Waals surface area contributed by atoms with Gasteiger partial charge in [-0.15, -0.1) is 0 Å². The Kier molecular flexibility index (Phi) is 4.87. The van der Waals surface area contributed by atoms with Gasteiger partial charge in [-0.1, -0.05) is 18.2 Å². The minimum atomic E-state index is -0.377. The topological polar surface area (TPSA) is 89.6 Å². The number of fused-ring (bicyclic) bond motifs is 1. The smallest absolute Gasteiger partial charge is 0.257 e. The van der Waals surface area contributed by atoms with E-state index in [1.165, 1.54) is 18.5 Å². The average Bonchev–Trinajstić information content (AvgIpc) is 3.18. The van der Waals surface area contributed by atoms with E-state index in [-0.39, 0.29) is 24.2 Å². The molecule has 2 N–H and O–H groups in total. The maximum absolute atomic E-state index is 12.7. The number of anilines is 2. The molecule has 1 aliphatic rings. The van der Waals surface area contributed by atoms with Crippen LogP contribution in [0, 0.1) is 13.8 Å². The first-order chi connectivity index (χ1) is 14.0. The predicted octanol–water partition coefficient (Wildman–Crippen LogP) is 3.93. The van der Waals surface area contributed by atoms with E-state index in [4.69, 9.17) is 9.47 Å². The molecule has 2 amide bonds. The number of ether oxygens (including phenoxy) is 2. The van der Waals surface area contributed by atoms with Crippen LogP contribution >= 0.6 is 0 Å².